The molecule has 1 saturated heterocycles. The molecule has 11 heteroatoms. The average Bonchev–Trinajstić information content (AvgIpc) is 2.60. The third kappa shape index (κ3) is 4.45. The lowest BCUT2D eigenvalue weighted by Crippen LogP contribution is -2.48. The van der Waals surface area contributed by atoms with E-state index < -0.39 is 39.7 Å². The monoisotopic (exact) mass is 393 g/mol. The molecule has 1 fully saturated rings. The number of sulfonamides is 1. The van der Waals surface area contributed by atoms with Crippen LogP contribution < -0.4 is 4.31 Å². The molecule has 7 nitrogen and oxygen atoms in total. The summed E-state index contributed by atoms with van der Waals surface area (Å²) in [5.41, 5.74) is -0.662. The van der Waals surface area contributed by atoms with Gasteiger partial charge in [-0.3, -0.25) is 13.9 Å². The molecule has 1 heterocycles. The number of piperazine rings is 1. The Hall–Kier alpha value is -2.30. The van der Waals surface area contributed by atoms with Crippen LogP contribution in [0.5, 0.6) is 0 Å². The van der Waals surface area contributed by atoms with Gasteiger partial charge in [0.15, 0.2) is 17.5 Å². The van der Waals surface area contributed by atoms with Crippen molar-refractivity contribution in [1.82, 2.24) is 9.80 Å². The number of halogens is 3. The van der Waals surface area contributed by atoms with E-state index in [-0.39, 0.29) is 12.3 Å². The van der Waals surface area contributed by atoms with E-state index in [1.54, 1.807) is 0 Å². The van der Waals surface area contributed by atoms with E-state index >= 15 is 0 Å². The zero-order valence-corrected chi connectivity index (χ0v) is 14.8. The lowest BCUT2D eigenvalue weighted by atomic mass is 10.2. The fraction of sp³-hybridized carbons (Fsp3) is 0.467. The third-order valence-corrected chi connectivity index (χ3v) is 5.21. The Labute approximate surface area is 149 Å². The highest BCUT2D eigenvalue weighted by atomic mass is 32.2. The van der Waals surface area contributed by atoms with Crippen LogP contribution in [0.4, 0.5) is 18.9 Å². The van der Waals surface area contributed by atoms with E-state index in [0.717, 1.165) is 12.3 Å². The van der Waals surface area contributed by atoms with E-state index in [2.05, 4.69) is 0 Å². The first-order valence-corrected chi connectivity index (χ1v) is 9.58. The van der Waals surface area contributed by atoms with Gasteiger partial charge in [-0.05, 0) is 12.1 Å². The fourth-order valence-corrected chi connectivity index (χ4v) is 3.53. The maximum Gasteiger partial charge on any atom is 0.232 e. The Morgan fingerprint density at radius 3 is 2.31 bits per heavy atom. The smallest absolute Gasteiger partial charge is 0.232 e. The highest BCUT2D eigenvalue weighted by molar-refractivity contribution is 7.92. The highest BCUT2D eigenvalue weighted by Crippen LogP contribution is 2.25. The second-order valence-corrected chi connectivity index (χ2v) is 7.71. The molecule has 0 saturated carbocycles. The van der Waals surface area contributed by atoms with E-state index in [4.69, 9.17) is 0 Å². The minimum Gasteiger partial charge on any atom is -0.342 e. The van der Waals surface area contributed by atoms with Gasteiger partial charge in [-0.25, -0.2) is 21.6 Å². The van der Waals surface area contributed by atoms with Crippen molar-refractivity contribution in [3.05, 3.63) is 29.6 Å². The molecule has 1 aliphatic heterocycles. The first-order chi connectivity index (χ1) is 12.1. The Kier molecular flexibility index (Phi) is 6.11. The molecule has 144 valence electrons. The summed E-state index contributed by atoms with van der Waals surface area (Å²) in [4.78, 5) is 25.9. The standard InChI is InChI=1S/C15H18F3N3O4S/c1-26(24,25)21(12-3-2-11(16)14(17)15(12)18)5-4-13(23)20-8-6-19(10-22)7-9-20/h2-3,10H,4-9H2,1H3. The normalized spacial score (nSPS) is 15.1. The Morgan fingerprint density at radius 1 is 1.15 bits per heavy atom. The quantitative estimate of drug-likeness (QED) is 0.523. The lowest BCUT2D eigenvalue weighted by molar-refractivity contribution is -0.134. The Balaban J connectivity index is 2.12. The molecule has 1 aliphatic rings. The molecular formula is C15H18F3N3O4S. The van der Waals surface area contributed by atoms with E-state index in [0.29, 0.717) is 43.0 Å². The Morgan fingerprint density at radius 2 is 1.77 bits per heavy atom. The van der Waals surface area contributed by atoms with Crippen molar-refractivity contribution in [1.29, 1.82) is 0 Å². The number of amides is 2. The molecule has 2 amide bonds. The number of anilines is 1. The number of carbonyl (C=O) groups is 2. The fourth-order valence-electron chi connectivity index (χ4n) is 2.61. The molecule has 0 bridgehead atoms. The summed E-state index contributed by atoms with van der Waals surface area (Å²) in [6.07, 6.45) is 1.19. The molecule has 1 aromatic rings. The van der Waals surface area contributed by atoms with Crippen LogP contribution in [0, 0.1) is 17.5 Å². The molecular weight excluding hydrogens is 375 g/mol. The largest absolute Gasteiger partial charge is 0.342 e. The minimum atomic E-state index is -4.03. The SMILES string of the molecule is CS(=O)(=O)N(CCC(=O)N1CCN(C=O)CC1)c1ccc(F)c(F)c1F. The second kappa shape index (κ2) is 7.94. The topological polar surface area (TPSA) is 78.0 Å². The van der Waals surface area contributed by atoms with Crippen LogP contribution in [0.25, 0.3) is 0 Å². The number of carbonyl (C=O) groups excluding carboxylic acids is 2. The summed E-state index contributed by atoms with van der Waals surface area (Å²) in [5, 5.41) is 0. The van der Waals surface area contributed by atoms with Crippen molar-refractivity contribution in [3.8, 4) is 0 Å². The van der Waals surface area contributed by atoms with Crippen LogP contribution in [0.2, 0.25) is 0 Å². The number of hydrogen-bond acceptors (Lipinski definition) is 4. The number of rotatable bonds is 6. The third-order valence-electron chi connectivity index (χ3n) is 4.03. The van der Waals surface area contributed by atoms with Gasteiger partial charge in [0.1, 0.15) is 0 Å². The van der Waals surface area contributed by atoms with Gasteiger partial charge in [-0.15, -0.1) is 0 Å². The van der Waals surface area contributed by atoms with Crippen molar-refractivity contribution < 1.29 is 31.2 Å². The molecule has 2 rings (SSSR count). The highest BCUT2D eigenvalue weighted by Gasteiger charge is 2.27. The van der Waals surface area contributed by atoms with Gasteiger partial charge in [-0.2, -0.15) is 0 Å². The maximum atomic E-state index is 13.9. The van der Waals surface area contributed by atoms with Gasteiger partial charge in [0, 0.05) is 39.1 Å². The summed E-state index contributed by atoms with van der Waals surface area (Å²) in [5.74, 6) is -5.24. The predicted molar refractivity (Wildman–Crippen MR) is 87.3 cm³/mol. The lowest BCUT2D eigenvalue weighted by Gasteiger charge is -2.33. The summed E-state index contributed by atoms with van der Waals surface area (Å²) in [6.45, 7) is 0.908. The summed E-state index contributed by atoms with van der Waals surface area (Å²) >= 11 is 0. The maximum absolute atomic E-state index is 13.9. The van der Waals surface area contributed by atoms with Gasteiger partial charge in [0.2, 0.25) is 22.3 Å². The van der Waals surface area contributed by atoms with Crippen molar-refractivity contribution in [2.24, 2.45) is 0 Å². The van der Waals surface area contributed by atoms with E-state index in [1.165, 1.54) is 9.80 Å². The zero-order valence-electron chi connectivity index (χ0n) is 14.0. The van der Waals surface area contributed by atoms with Crippen LogP contribution in [-0.2, 0) is 19.6 Å². The Bertz CT molecular complexity index is 796. The molecule has 0 aromatic heterocycles. The molecule has 0 N–H and O–H groups in total. The van der Waals surface area contributed by atoms with Crippen LogP contribution in [0.15, 0.2) is 12.1 Å². The van der Waals surface area contributed by atoms with Gasteiger partial charge in [-0.1, -0.05) is 0 Å². The summed E-state index contributed by atoms with van der Waals surface area (Å²) < 4.78 is 64.8. The number of benzene rings is 1. The van der Waals surface area contributed by atoms with Crippen LogP contribution in [0.1, 0.15) is 6.42 Å². The van der Waals surface area contributed by atoms with Gasteiger partial charge >= 0.3 is 0 Å². The van der Waals surface area contributed by atoms with Crippen molar-refractivity contribution in [3.63, 3.8) is 0 Å². The van der Waals surface area contributed by atoms with E-state index in [9.17, 15) is 31.2 Å². The van der Waals surface area contributed by atoms with Crippen molar-refractivity contribution in [2.75, 3.05) is 43.3 Å². The van der Waals surface area contributed by atoms with E-state index in [1.807, 2.05) is 0 Å². The molecule has 0 unspecified atom stereocenters. The molecule has 1 aromatic carbocycles. The zero-order chi connectivity index (χ0) is 19.5. The molecule has 0 atom stereocenters. The average molecular weight is 393 g/mol. The molecule has 0 spiro atoms. The molecule has 26 heavy (non-hydrogen) atoms. The van der Waals surface area contributed by atoms with Crippen molar-refractivity contribution >= 4 is 28.0 Å². The summed E-state index contributed by atoms with van der Waals surface area (Å²) in [7, 11) is -4.03. The minimum absolute atomic E-state index is 0.271. The number of hydrogen-bond donors (Lipinski definition) is 0. The van der Waals surface area contributed by atoms with Gasteiger partial charge in [0.25, 0.3) is 0 Å². The van der Waals surface area contributed by atoms with Crippen LogP contribution in [-0.4, -0.2) is 69.5 Å². The first-order valence-electron chi connectivity index (χ1n) is 7.73. The molecule has 0 radical (unpaired) electrons. The van der Waals surface area contributed by atoms with Crippen molar-refractivity contribution in [2.45, 2.75) is 6.42 Å². The molecule has 0 aliphatic carbocycles. The van der Waals surface area contributed by atoms with Gasteiger partial charge < -0.3 is 9.80 Å². The van der Waals surface area contributed by atoms with Crippen LogP contribution in [0.3, 0.4) is 0 Å². The number of nitrogens with zero attached hydrogens (tertiary/aromatic N) is 3. The first kappa shape index (κ1) is 20.0. The van der Waals surface area contributed by atoms with Crippen LogP contribution >= 0.6 is 0 Å². The second-order valence-electron chi connectivity index (χ2n) is 5.80. The predicted octanol–water partition coefficient (Wildman–Crippen LogP) is 0.561. The van der Waals surface area contributed by atoms with Gasteiger partial charge in [0.05, 0.1) is 11.9 Å². The summed E-state index contributed by atoms with van der Waals surface area (Å²) in [6, 6.07) is 1.43.